The first-order valence-electron chi connectivity index (χ1n) is 3.75. The molecule has 3 nitrogen and oxygen atoms in total. The van der Waals surface area contributed by atoms with Crippen molar-refractivity contribution in [3.05, 3.63) is 41.4 Å². The van der Waals surface area contributed by atoms with Crippen molar-refractivity contribution in [2.45, 2.75) is 0 Å². The third kappa shape index (κ3) is 1.89. The van der Waals surface area contributed by atoms with E-state index in [-0.39, 0.29) is 0 Å². The molecule has 0 amide bonds. The van der Waals surface area contributed by atoms with Gasteiger partial charge in [0.1, 0.15) is 10.9 Å². The topological polar surface area (TPSA) is 38.7 Å². The third-order valence-corrected chi connectivity index (χ3v) is 2.00. The molecule has 0 aliphatic rings. The van der Waals surface area contributed by atoms with Crippen molar-refractivity contribution in [2.24, 2.45) is 0 Å². The molecule has 0 aliphatic heterocycles. The van der Waals surface area contributed by atoms with Gasteiger partial charge in [0, 0.05) is 6.20 Å². The molecule has 0 aliphatic carbocycles. The lowest BCUT2D eigenvalue weighted by Crippen LogP contribution is -1.87. The lowest BCUT2D eigenvalue weighted by atomic mass is 10.3. The Morgan fingerprint density at radius 3 is 2.69 bits per heavy atom. The van der Waals surface area contributed by atoms with Crippen molar-refractivity contribution in [1.29, 1.82) is 0 Å². The Balaban J connectivity index is 2.48. The molecule has 2 aromatic rings. The first-order valence-corrected chi connectivity index (χ1v) is 4.54. The van der Waals surface area contributed by atoms with Gasteiger partial charge < -0.3 is 0 Å². The monoisotopic (exact) mass is 235 g/mol. The number of halogens is 1. The summed E-state index contributed by atoms with van der Waals surface area (Å²) in [5.74, 6) is 0. The predicted molar refractivity (Wildman–Crippen MR) is 53.0 cm³/mol. The minimum Gasteiger partial charge on any atom is -0.245 e. The van der Waals surface area contributed by atoms with Crippen LogP contribution in [0.3, 0.4) is 0 Å². The van der Waals surface area contributed by atoms with E-state index in [9.17, 15) is 0 Å². The average Bonchev–Trinajstić information content (AvgIpc) is 2.19. The van der Waals surface area contributed by atoms with Crippen LogP contribution in [-0.2, 0) is 0 Å². The Labute approximate surface area is 84.0 Å². The van der Waals surface area contributed by atoms with Crippen LogP contribution in [0.4, 0.5) is 0 Å². The van der Waals surface area contributed by atoms with E-state index in [1.54, 1.807) is 6.20 Å². The molecule has 0 bridgehead atoms. The third-order valence-electron chi connectivity index (χ3n) is 1.56. The molecule has 0 radical (unpaired) electrons. The van der Waals surface area contributed by atoms with Crippen LogP contribution < -0.4 is 0 Å². The van der Waals surface area contributed by atoms with Gasteiger partial charge in [-0.25, -0.2) is 15.0 Å². The summed E-state index contributed by atoms with van der Waals surface area (Å²) in [5, 5.41) is 0. The smallest absolute Gasteiger partial charge is 0.116 e. The Hall–Kier alpha value is -1.29. The number of hydrogen-bond acceptors (Lipinski definition) is 3. The van der Waals surface area contributed by atoms with Crippen molar-refractivity contribution in [3.63, 3.8) is 0 Å². The van der Waals surface area contributed by atoms with Crippen LogP contribution in [0, 0.1) is 0 Å². The van der Waals surface area contributed by atoms with E-state index in [1.807, 2.05) is 24.3 Å². The molecule has 0 saturated carbocycles. The van der Waals surface area contributed by atoms with Crippen LogP contribution in [0.1, 0.15) is 0 Å². The fourth-order valence-corrected chi connectivity index (χ4v) is 1.34. The molecule has 13 heavy (non-hydrogen) atoms. The lowest BCUT2D eigenvalue weighted by molar-refractivity contribution is 1.15. The maximum Gasteiger partial charge on any atom is 0.116 e. The van der Waals surface area contributed by atoms with E-state index >= 15 is 0 Å². The molecule has 4 heteroatoms. The van der Waals surface area contributed by atoms with Crippen molar-refractivity contribution in [2.75, 3.05) is 0 Å². The van der Waals surface area contributed by atoms with E-state index in [0.29, 0.717) is 0 Å². The normalized spacial score (nSPS) is 9.92. The van der Waals surface area contributed by atoms with Crippen LogP contribution in [0.15, 0.2) is 41.4 Å². The second kappa shape index (κ2) is 3.62. The summed E-state index contributed by atoms with van der Waals surface area (Å²) >= 11 is 3.30. The van der Waals surface area contributed by atoms with E-state index in [1.165, 1.54) is 6.33 Å². The Bertz CT molecular complexity index is 403. The van der Waals surface area contributed by atoms with E-state index in [4.69, 9.17) is 0 Å². The quantitative estimate of drug-likeness (QED) is 0.713. The summed E-state index contributed by atoms with van der Waals surface area (Å²) in [7, 11) is 0. The molecular weight excluding hydrogens is 230 g/mol. The number of rotatable bonds is 1. The maximum absolute atomic E-state index is 4.27. The molecule has 64 valence electrons. The molecule has 0 saturated heterocycles. The summed E-state index contributed by atoms with van der Waals surface area (Å²) in [6, 6.07) is 7.54. The van der Waals surface area contributed by atoms with E-state index in [0.717, 1.165) is 16.0 Å². The fourth-order valence-electron chi connectivity index (χ4n) is 0.993. The fraction of sp³-hybridized carbons (Fsp3) is 0. The number of nitrogens with zero attached hydrogens (tertiary/aromatic N) is 3. The Morgan fingerprint density at radius 1 is 1.08 bits per heavy atom. The molecular formula is C9H6BrN3. The second-order valence-electron chi connectivity index (χ2n) is 2.44. The Morgan fingerprint density at radius 2 is 2.00 bits per heavy atom. The first kappa shape index (κ1) is 8.31. The molecule has 0 aromatic carbocycles. The summed E-state index contributed by atoms with van der Waals surface area (Å²) < 4.78 is 0.809. The SMILES string of the molecule is Brc1cccc(-c2ccncn2)n1. The van der Waals surface area contributed by atoms with Crippen LogP contribution in [0.2, 0.25) is 0 Å². The zero-order valence-electron chi connectivity index (χ0n) is 6.68. The summed E-state index contributed by atoms with van der Waals surface area (Å²) in [4.78, 5) is 12.2. The van der Waals surface area contributed by atoms with Crippen molar-refractivity contribution < 1.29 is 0 Å². The van der Waals surface area contributed by atoms with Gasteiger partial charge in [-0.3, -0.25) is 0 Å². The number of pyridine rings is 1. The summed E-state index contributed by atoms with van der Waals surface area (Å²) in [6.07, 6.45) is 3.21. The van der Waals surface area contributed by atoms with Gasteiger partial charge in [-0.2, -0.15) is 0 Å². The van der Waals surface area contributed by atoms with Gasteiger partial charge in [-0.05, 0) is 34.1 Å². The van der Waals surface area contributed by atoms with Gasteiger partial charge in [-0.1, -0.05) is 6.07 Å². The minimum atomic E-state index is 0.809. The number of hydrogen-bond donors (Lipinski definition) is 0. The molecule has 0 atom stereocenters. The van der Waals surface area contributed by atoms with Crippen molar-refractivity contribution in [3.8, 4) is 11.4 Å². The zero-order chi connectivity index (χ0) is 9.10. The standard InChI is InChI=1S/C9H6BrN3/c10-9-3-1-2-8(13-9)7-4-5-11-6-12-7/h1-6H. The minimum absolute atomic E-state index is 0.809. The largest absolute Gasteiger partial charge is 0.245 e. The van der Waals surface area contributed by atoms with Gasteiger partial charge in [-0.15, -0.1) is 0 Å². The molecule has 0 spiro atoms. The van der Waals surface area contributed by atoms with Crippen LogP contribution in [0.25, 0.3) is 11.4 Å². The summed E-state index contributed by atoms with van der Waals surface area (Å²) in [6.45, 7) is 0. The average molecular weight is 236 g/mol. The van der Waals surface area contributed by atoms with Crippen LogP contribution in [-0.4, -0.2) is 15.0 Å². The highest BCUT2D eigenvalue weighted by Crippen LogP contribution is 2.15. The molecule has 0 N–H and O–H groups in total. The van der Waals surface area contributed by atoms with E-state index < -0.39 is 0 Å². The van der Waals surface area contributed by atoms with Crippen LogP contribution in [0.5, 0.6) is 0 Å². The van der Waals surface area contributed by atoms with Crippen LogP contribution >= 0.6 is 15.9 Å². The highest BCUT2D eigenvalue weighted by atomic mass is 79.9. The van der Waals surface area contributed by atoms with Gasteiger partial charge in [0.05, 0.1) is 11.4 Å². The lowest BCUT2D eigenvalue weighted by Gasteiger charge is -1.98. The van der Waals surface area contributed by atoms with Crippen molar-refractivity contribution in [1.82, 2.24) is 15.0 Å². The molecule has 2 heterocycles. The molecule has 0 fully saturated rings. The highest BCUT2D eigenvalue weighted by molar-refractivity contribution is 9.10. The molecule has 2 rings (SSSR count). The predicted octanol–water partition coefficient (Wildman–Crippen LogP) is 2.30. The highest BCUT2D eigenvalue weighted by Gasteiger charge is 1.99. The zero-order valence-corrected chi connectivity index (χ0v) is 8.27. The Kier molecular flexibility index (Phi) is 2.31. The first-order chi connectivity index (χ1) is 6.36. The second-order valence-corrected chi connectivity index (χ2v) is 3.25. The molecule has 2 aromatic heterocycles. The van der Waals surface area contributed by atoms with Gasteiger partial charge in [0.15, 0.2) is 0 Å². The van der Waals surface area contributed by atoms with Gasteiger partial charge in [0.2, 0.25) is 0 Å². The summed E-state index contributed by atoms with van der Waals surface area (Å²) in [5.41, 5.74) is 1.67. The number of aromatic nitrogens is 3. The van der Waals surface area contributed by atoms with Gasteiger partial charge in [0.25, 0.3) is 0 Å². The van der Waals surface area contributed by atoms with E-state index in [2.05, 4.69) is 30.9 Å². The van der Waals surface area contributed by atoms with Crippen molar-refractivity contribution >= 4 is 15.9 Å². The van der Waals surface area contributed by atoms with Gasteiger partial charge >= 0.3 is 0 Å². The maximum atomic E-state index is 4.27. The molecule has 0 unspecified atom stereocenters.